The van der Waals surface area contributed by atoms with Crippen molar-refractivity contribution in [1.82, 2.24) is 14.9 Å². The molecule has 1 amide bonds. The average molecular weight is 411 g/mol. The summed E-state index contributed by atoms with van der Waals surface area (Å²) in [7, 11) is 0. The molecular weight excluding hydrogens is 380 g/mol. The van der Waals surface area contributed by atoms with Crippen LogP contribution in [0.5, 0.6) is 0 Å². The number of aromatic nitrogens is 2. The lowest BCUT2D eigenvalue weighted by Crippen LogP contribution is -2.38. The molecule has 2 unspecified atom stereocenters. The van der Waals surface area contributed by atoms with Crippen molar-refractivity contribution in [3.8, 4) is 0 Å². The number of carbonyl (C=O) groups is 1. The molecule has 1 aliphatic carbocycles. The third kappa shape index (κ3) is 4.70. The summed E-state index contributed by atoms with van der Waals surface area (Å²) in [5.41, 5.74) is 0.573. The van der Waals surface area contributed by atoms with Gasteiger partial charge in [0.05, 0.1) is 5.75 Å². The fourth-order valence-corrected chi connectivity index (χ4v) is 6.09. The number of amides is 1. The maximum atomic E-state index is 12.9. The van der Waals surface area contributed by atoms with E-state index in [4.69, 9.17) is 11.6 Å². The van der Waals surface area contributed by atoms with Crippen molar-refractivity contribution in [3.05, 3.63) is 11.2 Å². The zero-order chi connectivity index (χ0) is 19.8. The molecule has 3 rings (SSSR count). The summed E-state index contributed by atoms with van der Waals surface area (Å²) in [6, 6.07) is 2.16. The molecule has 2 bridgehead atoms. The minimum absolute atomic E-state index is 0.194. The van der Waals surface area contributed by atoms with Gasteiger partial charge in [-0.2, -0.15) is 0 Å². The molecule has 1 aromatic heterocycles. The fourth-order valence-electron chi connectivity index (χ4n) is 5.12. The van der Waals surface area contributed by atoms with Crippen LogP contribution in [0.3, 0.4) is 0 Å². The molecule has 150 valence electrons. The summed E-state index contributed by atoms with van der Waals surface area (Å²) in [5, 5.41) is 1.000. The Kier molecular flexibility index (Phi) is 5.97. The smallest absolute Gasteiger partial charge is 0.233 e. The van der Waals surface area contributed by atoms with Gasteiger partial charge < -0.3 is 9.80 Å². The van der Waals surface area contributed by atoms with E-state index in [1.54, 1.807) is 6.07 Å². The normalized spacial score (nSPS) is 26.3. The number of carbonyl (C=O) groups excluding carboxylic acids is 1. The second-order valence-electron chi connectivity index (χ2n) is 9.03. The molecule has 1 aromatic rings. The molecule has 1 saturated carbocycles. The van der Waals surface area contributed by atoms with Crippen LogP contribution in [0.4, 0.5) is 5.82 Å². The van der Waals surface area contributed by atoms with E-state index in [2.05, 4.69) is 54.4 Å². The van der Waals surface area contributed by atoms with E-state index in [-0.39, 0.29) is 11.3 Å². The molecule has 2 fully saturated rings. The van der Waals surface area contributed by atoms with Crippen molar-refractivity contribution >= 4 is 35.1 Å². The number of nitrogens with zero attached hydrogens (tertiary/aromatic N) is 4. The van der Waals surface area contributed by atoms with E-state index in [0.717, 1.165) is 38.3 Å². The molecule has 2 atom stereocenters. The Balaban J connectivity index is 1.66. The Hall–Kier alpha value is -1.01. The molecule has 7 heteroatoms. The van der Waals surface area contributed by atoms with Crippen LogP contribution < -0.4 is 4.90 Å². The van der Waals surface area contributed by atoms with E-state index < -0.39 is 0 Å². The van der Waals surface area contributed by atoms with Gasteiger partial charge in [-0.3, -0.25) is 4.79 Å². The number of rotatable bonds is 6. The number of likely N-dealkylation sites (tertiary alicyclic amines) is 1. The van der Waals surface area contributed by atoms with Crippen LogP contribution in [0.15, 0.2) is 11.2 Å². The quantitative estimate of drug-likeness (QED) is 0.392. The first-order chi connectivity index (χ1) is 12.6. The van der Waals surface area contributed by atoms with Gasteiger partial charge >= 0.3 is 0 Å². The maximum absolute atomic E-state index is 12.9. The van der Waals surface area contributed by atoms with Crippen molar-refractivity contribution in [1.29, 1.82) is 0 Å². The van der Waals surface area contributed by atoms with Gasteiger partial charge in [-0.25, -0.2) is 9.97 Å². The largest absolute Gasteiger partial charge is 0.357 e. The fraction of sp³-hybridized carbons (Fsp3) is 0.750. The molecule has 2 heterocycles. The maximum Gasteiger partial charge on any atom is 0.233 e. The molecule has 1 saturated heterocycles. The highest BCUT2D eigenvalue weighted by Crippen LogP contribution is 2.52. The standard InChI is InChI=1S/C20H31ClN4OS/c1-6-24(7-2)16-8-15(21)22-18(23-16)27-11-17(26)25-13-20(5)10-14(25)9-19(3,4)12-20/h8,14H,6-7,9-13H2,1-5H3. The van der Waals surface area contributed by atoms with Gasteiger partial charge in [0.25, 0.3) is 0 Å². The zero-order valence-electron chi connectivity index (χ0n) is 17.1. The summed E-state index contributed by atoms with van der Waals surface area (Å²) in [5.74, 6) is 1.38. The summed E-state index contributed by atoms with van der Waals surface area (Å²) in [6.07, 6.45) is 3.42. The number of fused-ring (bicyclic) bond motifs is 2. The minimum atomic E-state index is 0.194. The first-order valence-electron chi connectivity index (χ1n) is 9.86. The Bertz CT molecular complexity index is 709. The predicted octanol–water partition coefficient (Wildman–Crippen LogP) is 4.50. The molecular formula is C20H31ClN4OS. The van der Waals surface area contributed by atoms with E-state index in [1.807, 2.05) is 0 Å². The average Bonchev–Trinajstić information content (AvgIpc) is 2.82. The van der Waals surface area contributed by atoms with Gasteiger partial charge in [-0.15, -0.1) is 0 Å². The van der Waals surface area contributed by atoms with Gasteiger partial charge in [0.15, 0.2) is 5.16 Å². The van der Waals surface area contributed by atoms with Gasteiger partial charge in [0, 0.05) is 31.7 Å². The predicted molar refractivity (Wildman–Crippen MR) is 113 cm³/mol. The molecule has 0 aromatic carbocycles. The Morgan fingerprint density at radius 1 is 1.30 bits per heavy atom. The van der Waals surface area contributed by atoms with Crippen LogP contribution in [-0.4, -0.2) is 52.2 Å². The van der Waals surface area contributed by atoms with Crippen molar-refractivity contribution in [2.45, 2.75) is 65.1 Å². The molecule has 27 heavy (non-hydrogen) atoms. The highest BCUT2D eigenvalue weighted by Gasteiger charge is 2.50. The van der Waals surface area contributed by atoms with Crippen LogP contribution in [0.25, 0.3) is 0 Å². The second-order valence-corrected chi connectivity index (χ2v) is 10.4. The molecule has 2 aliphatic rings. The summed E-state index contributed by atoms with van der Waals surface area (Å²) in [6.45, 7) is 13.8. The molecule has 5 nitrogen and oxygen atoms in total. The van der Waals surface area contributed by atoms with Crippen molar-refractivity contribution in [3.63, 3.8) is 0 Å². The third-order valence-electron chi connectivity index (χ3n) is 5.81. The minimum Gasteiger partial charge on any atom is -0.357 e. The number of halogens is 1. The first kappa shape index (κ1) is 20.7. The lowest BCUT2D eigenvalue weighted by molar-refractivity contribution is -0.129. The molecule has 1 aliphatic heterocycles. The first-order valence-corrected chi connectivity index (χ1v) is 11.2. The van der Waals surface area contributed by atoms with Crippen molar-refractivity contribution in [2.24, 2.45) is 10.8 Å². The topological polar surface area (TPSA) is 49.3 Å². The number of hydrogen-bond donors (Lipinski definition) is 0. The van der Waals surface area contributed by atoms with Gasteiger partial charge in [0.2, 0.25) is 5.91 Å². The summed E-state index contributed by atoms with van der Waals surface area (Å²) in [4.78, 5) is 26.1. The van der Waals surface area contributed by atoms with Crippen molar-refractivity contribution in [2.75, 3.05) is 30.3 Å². The van der Waals surface area contributed by atoms with E-state index >= 15 is 0 Å². The lowest BCUT2D eigenvalue weighted by Gasteiger charge is -2.39. The van der Waals surface area contributed by atoms with Gasteiger partial charge in [-0.05, 0) is 43.9 Å². The summed E-state index contributed by atoms with van der Waals surface area (Å²) >= 11 is 7.58. The van der Waals surface area contributed by atoms with Crippen molar-refractivity contribution < 1.29 is 4.79 Å². The number of thioether (sulfide) groups is 1. The second kappa shape index (κ2) is 7.78. The van der Waals surface area contributed by atoms with Crippen LogP contribution in [-0.2, 0) is 4.79 Å². The molecule has 0 N–H and O–H groups in total. The van der Waals surface area contributed by atoms with E-state index in [9.17, 15) is 4.79 Å². The van der Waals surface area contributed by atoms with Crippen LogP contribution >= 0.6 is 23.4 Å². The zero-order valence-corrected chi connectivity index (χ0v) is 18.7. The lowest BCUT2D eigenvalue weighted by atomic mass is 9.65. The molecule has 0 spiro atoms. The summed E-state index contributed by atoms with van der Waals surface area (Å²) < 4.78 is 0. The molecule has 0 radical (unpaired) electrons. The van der Waals surface area contributed by atoms with Gasteiger partial charge in [0.1, 0.15) is 11.0 Å². The monoisotopic (exact) mass is 410 g/mol. The number of anilines is 1. The van der Waals surface area contributed by atoms with E-state index in [1.165, 1.54) is 18.2 Å². The van der Waals surface area contributed by atoms with E-state index in [0.29, 0.717) is 27.5 Å². The Labute approximate surface area is 172 Å². The Morgan fingerprint density at radius 2 is 2.00 bits per heavy atom. The van der Waals surface area contributed by atoms with Crippen LogP contribution in [0, 0.1) is 10.8 Å². The van der Waals surface area contributed by atoms with Gasteiger partial charge in [-0.1, -0.05) is 44.1 Å². The van der Waals surface area contributed by atoms with Crippen LogP contribution in [0.2, 0.25) is 5.15 Å². The van der Waals surface area contributed by atoms with Crippen LogP contribution in [0.1, 0.15) is 53.9 Å². The highest BCUT2D eigenvalue weighted by atomic mass is 35.5. The number of hydrogen-bond acceptors (Lipinski definition) is 5. The SMILES string of the molecule is CCN(CC)c1cc(Cl)nc(SCC(=O)N2CC3(C)CC2CC(C)(C)C3)n1. The Morgan fingerprint density at radius 3 is 2.67 bits per heavy atom. The highest BCUT2D eigenvalue weighted by molar-refractivity contribution is 7.99. The third-order valence-corrected chi connectivity index (χ3v) is 6.83.